The van der Waals surface area contributed by atoms with Gasteiger partial charge in [0.15, 0.2) is 12.4 Å². The second kappa shape index (κ2) is 9.10. The Kier molecular flexibility index (Phi) is 7.25. The van der Waals surface area contributed by atoms with Gasteiger partial charge >= 0.3 is 12.1 Å². The zero-order valence-electron chi connectivity index (χ0n) is 17.4. The van der Waals surface area contributed by atoms with Gasteiger partial charge in [-0.1, -0.05) is 24.6 Å². The number of benzene rings is 1. The molecule has 1 amide bonds. The van der Waals surface area contributed by atoms with Crippen molar-refractivity contribution in [2.45, 2.75) is 63.9 Å². The Morgan fingerprint density at radius 3 is 2.41 bits per heavy atom. The highest BCUT2D eigenvalue weighted by molar-refractivity contribution is 7.89. The minimum Gasteiger partial charge on any atom is -0.444 e. The molecule has 162 valence electrons. The average molecular weight is 428 g/mol. The molecular weight excluding hydrogens is 398 g/mol. The lowest BCUT2D eigenvalue weighted by Crippen LogP contribution is -2.67. The minimum atomic E-state index is -3.96. The number of amides is 1. The van der Waals surface area contributed by atoms with Crippen LogP contribution in [0.2, 0.25) is 0 Å². The van der Waals surface area contributed by atoms with Gasteiger partial charge in [0, 0.05) is 19.5 Å². The Morgan fingerprint density at radius 1 is 1.24 bits per heavy atom. The van der Waals surface area contributed by atoms with Crippen LogP contribution >= 0.6 is 0 Å². The second-order valence-corrected chi connectivity index (χ2v) is 9.63. The van der Waals surface area contributed by atoms with Crippen molar-refractivity contribution in [3.63, 3.8) is 0 Å². The van der Waals surface area contributed by atoms with E-state index in [4.69, 9.17) is 9.47 Å². The molecule has 1 aliphatic rings. The van der Waals surface area contributed by atoms with E-state index in [-0.39, 0.29) is 24.4 Å². The number of rotatable bonds is 5. The van der Waals surface area contributed by atoms with Crippen LogP contribution in [0.5, 0.6) is 0 Å². The normalized spacial score (nSPS) is 20.7. The molecule has 29 heavy (non-hydrogen) atoms. The van der Waals surface area contributed by atoms with Gasteiger partial charge in [0.25, 0.3) is 0 Å². The summed E-state index contributed by atoms with van der Waals surface area (Å²) in [6.45, 7) is 8.90. The molecule has 1 aromatic carbocycles. The van der Waals surface area contributed by atoms with Crippen molar-refractivity contribution in [3.05, 3.63) is 29.8 Å². The summed E-state index contributed by atoms with van der Waals surface area (Å²) in [6, 6.07) is 6.40. The van der Waals surface area contributed by atoms with E-state index < -0.39 is 40.1 Å². The number of piperazine rings is 1. The standard InChI is InChI=1S/C19H29N3O6S/c1-6-15(23)27-17-16(21-18(24)28-19(3,4)5)22(12-11-20-17)29(25,26)14-9-7-13(2)8-10-14/h7-10,16-17,20H,6,11-12H2,1-5H3,(H,21,24)/t16-,17?/m0/s1. The average Bonchev–Trinajstić information content (AvgIpc) is 2.61. The van der Waals surface area contributed by atoms with Gasteiger partial charge in [-0.05, 0) is 39.8 Å². The van der Waals surface area contributed by atoms with Crippen LogP contribution in [-0.2, 0) is 24.3 Å². The first-order valence-corrected chi connectivity index (χ1v) is 10.9. The van der Waals surface area contributed by atoms with Gasteiger partial charge in [-0.25, -0.2) is 13.2 Å². The van der Waals surface area contributed by atoms with Crippen molar-refractivity contribution >= 4 is 22.1 Å². The third kappa shape index (κ3) is 6.15. The molecule has 2 rings (SSSR count). The molecule has 1 aromatic rings. The summed E-state index contributed by atoms with van der Waals surface area (Å²) in [4.78, 5) is 24.3. The number of nitrogens with one attached hydrogen (secondary N) is 2. The smallest absolute Gasteiger partial charge is 0.409 e. The molecule has 1 unspecified atom stereocenters. The van der Waals surface area contributed by atoms with E-state index in [1.807, 2.05) is 6.92 Å². The maximum absolute atomic E-state index is 13.2. The lowest BCUT2D eigenvalue weighted by molar-refractivity contribution is -0.156. The Morgan fingerprint density at radius 2 is 1.86 bits per heavy atom. The highest BCUT2D eigenvalue weighted by Gasteiger charge is 2.42. The number of hydrogen-bond donors (Lipinski definition) is 2. The Balaban J connectivity index is 2.36. The van der Waals surface area contributed by atoms with Gasteiger partial charge in [-0.2, -0.15) is 4.31 Å². The lowest BCUT2D eigenvalue weighted by atomic mass is 10.2. The molecular formula is C19H29N3O6S. The summed E-state index contributed by atoms with van der Waals surface area (Å²) >= 11 is 0. The van der Waals surface area contributed by atoms with Gasteiger partial charge in [0.1, 0.15) is 5.60 Å². The summed E-state index contributed by atoms with van der Waals surface area (Å²) in [7, 11) is -3.96. The first-order chi connectivity index (χ1) is 13.4. The minimum absolute atomic E-state index is 0.0802. The summed E-state index contributed by atoms with van der Waals surface area (Å²) in [6.07, 6.45) is -2.92. The van der Waals surface area contributed by atoms with Crippen LogP contribution in [0.4, 0.5) is 4.79 Å². The van der Waals surface area contributed by atoms with Crippen molar-refractivity contribution in [1.29, 1.82) is 0 Å². The molecule has 1 fully saturated rings. The molecule has 1 saturated heterocycles. The van der Waals surface area contributed by atoms with Gasteiger partial charge < -0.3 is 9.47 Å². The summed E-state index contributed by atoms with van der Waals surface area (Å²) in [5.41, 5.74) is 0.144. The third-order valence-corrected chi connectivity index (χ3v) is 6.01. The van der Waals surface area contributed by atoms with Crippen molar-refractivity contribution in [3.8, 4) is 0 Å². The topological polar surface area (TPSA) is 114 Å². The number of carbonyl (C=O) groups excluding carboxylic acids is 2. The van der Waals surface area contributed by atoms with Crippen molar-refractivity contribution < 1.29 is 27.5 Å². The first-order valence-electron chi connectivity index (χ1n) is 9.45. The molecule has 0 saturated carbocycles. The fraction of sp³-hybridized carbons (Fsp3) is 0.579. The fourth-order valence-corrected chi connectivity index (χ4v) is 4.29. The largest absolute Gasteiger partial charge is 0.444 e. The zero-order valence-corrected chi connectivity index (χ0v) is 18.2. The van der Waals surface area contributed by atoms with Crippen LogP contribution in [0.15, 0.2) is 29.2 Å². The molecule has 0 bridgehead atoms. The predicted octanol–water partition coefficient (Wildman–Crippen LogP) is 1.72. The van der Waals surface area contributed by atoms with E-state index in [9.17, 15) is 18.0 Å². The summed E-state index contributed by atoms with van der Waals surface area (Å²) in [5.74, 6) is -0.520. The molecule has 0 spiro atoms. The third-order valence-electron chi connectivity index (χ3n) is 4.11. The van der Waals surface area contributed by atoms with E-state index in [0.717, 1.165) is 9.87 Å². The van der Waals surface area contributed by atoms with Gasteiger partial charge in [-0.3, -0.25) is 15.4 Å². The number of carbonyl (C=O) groups is 2. The van der Waals surface area contributed by atoms with Crippen LogP contribution in [0, 0.1) is 6.92 Å². The number of hydrogen-bond acceptors (Lipinski definition) is 7. The predicted molar refractivity (Wildman–Crippen MR) is 106 cm³/mol. The summed E-state index contributed by atoms with van der Waals surface area (Å²) in [5, 5.41) is 5.48. The molecule has 9 nitrogen and oxygen atoms in total. The molecule has 2 atom stereocenters. The van der Waals surface area contributed by atoms with E-state index in [1.54, 1.807) is 39.8 Å². The molecule has 2 N–H and O–H groups in total. The molecule has 1 aliphatic heterocycles. The van der Waals surface area contributed by atoms with E-state index >= 15 is 0 Å². The van der Waals surface area contributed by atoms with Crippen LogP contribution in [0.25, 0.3) is 0 Å². The lowest BCUT2D eigenvalue weighted by Gasteiger charge is -2.40. The number of alkyl carbamates (subject to hydrolysis) is 1. The van der Waals surface area contributed by atoms with E-state index in [1.165, 1.54) is 12.1 Å². The van der Waals surface area contributed by atoms with Crippen molar-refractivity contribution in [2.24, 2.45) is 0 Å². The number of ether oxygens (including phenoxy) is 2. The highest BCUT2D eigenvalue weighted by Crippen LogP contribution is 2.22. The zero-order chi connectivity index (χ0) is 21.8. The Labute approximate surface area is 171 Å². The SMILES string of the molecule is CCC(=O)OC1NCCN(S(=O)(=O)c2ccc(C)cc2)[C@@H]1NC(=O)OC(C)(C)C. The monoisotopic (exact) mass is 427 g/mol. The Hall–Kier alpha value is -2.17. The van der Waals surface area contributed by atoms with Gasteiger partial charge in [0.05, 0.1) is 4.90 Å². The van der Waals surface area contributed by atoms with Gasteiger partial charge in [0.2, 0.25) is 10.0 Å². The van der Waals surface area contributed by atoms with Crippen molar-refractivity contribution in [1.82, 2.24) is 14.9 Å². The number of esters is 1. The second-order valence-electron chi connectivity index (χ2n) is 7.74. The van der Waals surface area contributed by atoms with E-state index in [2.05, 4.69) is 10.6 Å². The number of nitrogens with zero attached hydrogens (tertiary/aromatic N) is 1. The number of sulfonamides is 1. The molecule has 1 heterocycles. The van der Waals surface area contributed by atoms with Crippen LogP contribution in [-0.4, -0.2) is 55.9 Å². The molecule has 10 heteroatoms. The quantitative estimate of drug-likeness (QED) is 0.688. The van der Waals surface area contributed by atoms with Crippen LogP contribution in [0.3, 0.4) is 0 Å². The highest BCUT2D eigenvalue weighted by atomic mass is 32.2. The fourth-order valence-electron chi connectivity index (χ4n) is 2.74. The molecule has 0 aliphatic carbocycles. The van der Waals surface area contributed by atoms with Crippen LogP contribution < -0.4 is 10.6 Å². The first kappa shape index (κ1) is 23.1. The molecule has 0 radical (unpaired) electrons. The Bertz CT molecular complexity index is 832. The van der Waals surface area contributed by atoms with Crippen molar-refractivity contribution in [2.75, 3.05) is 13.1 Å². The maximum Gasteiger partial charge on any atom is 0.409 e. The number of aryl methyl sites for hydroxylation is 1. The summed E-state index contributed by atoms with van der Waals surface area (Å²) < 4.78 is 38.2. The van der Waals surface area contributed by atoms with E-state index in [0.29, 0.717) is 0 Å². The molecule has 0 aromatic heterocycles. The van der Waals surface area contributed by atoms with Crippen LogP contribution in [0.1, 0.15) is 39.7 Å². The maximum atomic E-state index is 13.2. The van der Waals surface area contributed by atoms with Gasteiger partial charge in [-0.15, -0.1) is 0 Å².